The van der Waals surface area contributed by atoms with Crippen LogP contribution in [-0.2, 0) is 4.74 Å². The van der Waals surface area contributed by atoms with Crippen molar-refractivity contribution in [2.24, 2.45) is 0 Å². The number of nitrogens with two attached hydrogens (primary N) is 1. The van der Waals surface area contributed by atoms with Crippen molar-refractivity contribution < 1.29 is 4.74 Å². The molecule has 0 spiro atoms. The molecule has 0 aromatic carbocycles. The van der Waals surface area contributed by atoms with Crippen LogP contribution in [-0.4, -0.2) is 45.8 Å². The first-order valence-corrected chi connectivity index (χ1v) is 7.03. The highest BCUT2D eigenvalue weighted by Gasteiger charge is 2.19. The Hall–Kier alpha value is -1.89. The highest BCUT2D eigenvalue weighted by atomic mass is 16.5. The molecule has 0 radical (unpaired) electrons. The van der Waals surface area contributed by atoms with Crippen molar-refractivity contribution in [1.82, 2.24) is 19.5 Å². The van der Waals surface area contributed by atoms with Crippen LogP contribution in [0.4, 0.5) is 11.8 Å². The van der Waals surface area contributed by atoms with Crippen LogP contribution in [0.25, 0.3) is 11.2 Å². The van der Waals surface area contributed by atoms with E-state index in [9.17, 15) is 0 Å². The van der Waals surface area contributed by atoms with E-state index in [1.54, 1.807) is 6.33 Å². The molecule has 0 aliphatic carbocycles. The molecule has 0 amide bonds. The van der Waals surface area contributed by atoms with Crippen LogP contribution in [0.5, 0.6) is 0 Å². The Kier molecular flexibility index (Phi) is 3.43. The third-order valence-electron chi connectivity index (χ3n) is 3.80. The summed E-state index contributed by atoms with van der Waals surface area (Å²) in [6.45, 7) is 7.28. The molecular formula is C13H20N6O. The molecule has 3 heterocycles. The number of hydrogen-bond donors (Lipinski definition) is 1. The average molecular weight is 276 g/mol. The molecule has 7 nitrogen and oxygen atoms in total. The Bertz CT molecular complexity index is 604. The molecule has 2 N–H and O–H groups in total. The third kappa shape index (κ3) is 2.18. The van der Waals surface area contributed by atoms with Crippen LogP contribution in [0.1, 0.15) is 26.3 Å². The van der Waals surface area contributed by atoms with Gasteiger partial charge < -0.3 is 19.9 Å². The van der Waals surface area contributed by atoms with Crippen LogP contribution in [0.3, 0.4) is 0 Å². The van der Waals surface area contributed by atoms with Crippen LogP contribution in [0, 0.1) is 0 Å². The summed E-state index contributed by atoms with van der Waals surface area (Å²) in [5.41, 5.74) is 7.53. The summed E-state index contributed by atoms with van der Waals surface area (Å²) >= 11 is 0. The van der Waals surface area contributed by atoms with Crippen molar-refractivity contribution in [3.05, 3.63) is 6.33 Å². The number of aromatic nitrogens is 4. The highest BCUT2D eigenvalue weighted by molar-refractivity contribution is 5.83. The van der Waals surface area contributed by atoms with Crippen molar-refractivity contribution in [1.29, 1.82) is 0 Å². The van der Waals surface area contributed by atoms with Crippen molar-refractivity contribution in [3.8, 4) is 0 Å². The van der Waals surface area contributed by atoms with Gasteiger partial charge in [0.05, 0.1) is 19.5 Å². The molecule has 20 heavy (non-hydrogen) atoms. The predicted octanol–water partition coefficient (Wildman–Crippen LogP) is 1.22. The quantitative estimate of drug-likeness (QED) is 0.907. The molecule has 0 unspecified atom stereocenters. The molecule has 1 saturated heterocycles. The second-order valence-electron chi connectivity index (χ2n) is 5.09. The van der Waals surface area contributed by atoms with Crippen LogP contribution in [0.2, 0.25) is 0 Å². The largest absolute Gasteiger partial charge is 0.382 e. The monoisotopic (exact) mass is 276 g/mol. The van der Waals surface area contributed by atoms with E-state index < -0.39 is 0 Å². The Balaban J connectivity index is 2.06. The molecule has 108 valence electrons. The Labute approximate surface area is 117 Å². The Morgan fingerprint density at radius 2 is 2.10 bits per heavy atom. The Morgan fingerprint density at radius 1 is 1.35 bits per heavy atom. The molecule has 2 aromatic rings. The molecule has 0 saturated carbocycles. The van der Waals surface area contributed by atoms with Gasteiger partial charge in [-0.05, 0) is 13.3 Å². The molecule has 1 aliphatic heterocycles. The van der Waals surface area contributed by atoms with Gasteiger partial charge in [-0.25, -0.2) is 4.98 Å². The minimum atomic E-state index is 0.340. The SMILES string of the molecule is CC[C@H](C)n1cnc2c(N)nc(N3CCOCC3)nc21. The fraction of sp³-hybridized carbons (Fsp3) is 0.615. The zero-order valence-corrected chi connectivity index (χ0v) is 11.9. The smallest absolute Gasteiger partial charge is 0.229 e. The van der Waals surface area contributed by atoms with E-state index in [1.807, 2.05) is 0 Å². The van der Waals surface area contributed by atoms with E-state index in [0.717, 1.165) is 25.2 Å². The zero-order chi connectivity index (χ0) is 14.1. The van der Waals surface area contributed by atoms with Crippen molar-refractivity contribution in [2.45, 2.75) is 26.3 Å². The van der Waals surface area contributed by atoms with Crippen LogP contribution in [0.15, 0.2) is 6.33 Å². The topological polar surface area (TPSA) is 82.1 Å². The number of ether oxygens (including phenoxy) is 1. The van der Waals surface area contributed by atoms with Gasteiger partial charge in [-0.2, -0.15) is 9.97 Å². The molecule has 1 atom stereocenters. The van der Waals surface area contributed by atoms with Gasteiger partial charge in [-0.3, -0.25) is 0 Å². The summed E-state index contributed by atoms with van der Waals surface area (Å²) in [5, 5.41) is 0. The molecule has 1 aliphatic rings. The lowest BCUT2D eigenvalue weighted by Gasteiger charge is -2.27. The summed E-state index contributed by atoms with van der Waals surface area (Å²) < 4.78 is 7.42. The first-order valence-electron chi connectivity index (χ1n) is 7.03. The molecule has 1 fully saturated rings. The van der Waals surface area contributed by atoms with Crippen molar-refractivity contribution >= 4 is 22.9 Å². The van der Waals surface area contributed by atoms with Gasteiger partial charge in [0.25, 0.3) is 0 Å². The lowest BCUT2D eigenvalue weighted by Crippen LogP contribution is -2.37. The van der Waals surface area contributed by atoms with Crippen molar-refractivity contribution in [3.63, 3.8) is 0 Å². The standard InChI is InChI=1S/C13H20N6O/c1-3-9(2)19-8-15-10-11(14)16-13(17-12(10)19)18-4-6-20-7-5-18/h8-9H,3-7H2,1-2H3,(H2,14,16,17)/t9-/m0/s1. The maximum absolute atomic E-state index is 6.03. The van der Waals surface area contributed by atoms with Gasteiger partial charge >= 0.3 is 0 Å². The highest BCUT2D eigenvalue weighted by Crippen LogP contribution is 2.24. The first-order chi connectivity index (χ1) is 9.70. The summed E-state index contributed by atoms with van der Waals surface area (Å²) in [6, 6.07) is 0.340. The molecule has 7 heteroatoms. The maximum atomic E-state index is 6.03. The van der Waals surface area contributed by atoms with Gasteiger partial charge in [0.2, 0.25) is 5.95 Å². The van der Waals surface area contributed by atoms with Gasteiger partial charge in [-0.15, -0.1) is 0 Å². The number of morpholine rings is 1. The summed E-state index contributed by atoms with van der Waals surface area (Å²) in [7, 11) is 0. The molecular weight excluding hydrogens is 256 g/mol. The summed E-state index contributed by atoms with van der Waals surface area (Å²) in [4.78, 5) is 15.5. The van der Waals surface area contributed by atoms with E-state index in [1.165, 1.54) is 0 Å². The minimum Gasteiger partial charge on any atom is -0.382 e. The fourth-order valence-corrected chi connectivity index (χ4v) is 2.35. The average Bonchev–Trinajstić information content (AvgIpc) is 2.92. The van der Waals surface area contributed by atoms with Gasteiger partial charge in [0.1, 0.15) is 5.52 Å². The number of nitrogen functional groups attached to an aromatic ring is 1. The lowest BCUT2D eigenvalue weighted by atomic mass is 10.2. The Morgan fingerprint density at radius 3 is 2.80 bits per heavy atom. The normalized spacial score (nSPS) is 17.6. The minimum absolute atomic E-state index is 0.340. The second-order valence-corrected chi connectivity index (χ2v) is 5.09. The van der Waals surface area contributed by atoms with Gasteiger partial charge in [0, 0.05) is 19.1 Å². The first kappa shape index (κ1) is 13.1. The zero-order valence-electron chi connectivity index (χ0n) is 11.9. The maximum Gasteiger partial charge on any atom is 0.229 e. The van der Waals surface area contributed by atoms with Gasteiger partial charge in [-0.1, -0.05) is 6.92 Å². The number of anilines is 2. The van der Waals surface area contributed by atoms with Crippen LogP contribution < -0.4 is 10.6 Å². The van der Waals surface area contributed by atoms with E-state index in [2.05, 4.69) is 38.3 Å². The van der Waals surface area contributed by atoms with E-state index >= 15 is 0 Å². The molecule has 3 rings (SSSR count). The molecule has 2 aromatic heterocycles. The predicted molar refractivity (Wildman–Crippen MR) is 77.8 cm³/mol. The molecule has 0 bridgehead atoms. The van der Waals surface area contributed by atoms with Crippen LogP contribution >= 0.6 is 0 Å². The number of hydrogen-bond acceptors (Lipinski definition) is 6. The summed E-state index contributed by atoms with van der Waals surface area (Å²) in [5.74, 6) is 1.11. The van der Waals surface area contributed by atoms with E-state index in [4.69, 9.17) is 10.5 Å². The van der Waals surface area contributed by atoms with E-state index in [-0.39, 0.29) is 0 Å². The van der Waals surface area contributed by atoms with Crippen molar-refractivity contribution in [2.75, 3.05) is 36.9 Å². The fourth-order valence-electron chi connectivity index (χ4n) is 2.35. The lowest BCUT2D eigenvalue weighted by molar-refractivity contribution is 0.122. The number of rotatable bonds is 3. The second kappa shape index (κ2) is 5.24. The van der Waals surface area contributed by atoms with Gasteiger partial charge in [0.15, 0.2) is 11.5 Å². The third-order valence-corrected chi connectivity index (χ3v) is 3.80. The number of fused-ring (bicyclic) bond motifs is 1. The summed E-state index contributed by atoms with van der Waals surface area (Å²) in [6.07, 6.45) is 2.81. The van der Waals surface area contributed by atoms with E-state index in [0.29, 0.717) is 36.5 Å². The number of nitrogens with zero attached hydrogens (tertiary/aromatic N) is 5. The number of imidazole rings is 1.